The third-order valence-corrected chi connectivity index (χ3v) is 5.70. The molecule has 0 aromatic carbocycles. The Hall–Kier alpha value is -0.870. The number of hydrogen-bond donors (Lipinski definition) is 1. The molecule has 1 aliphatic carbocycles. The average Bonchev–Trinajstić information content (AvgIpc) is 3.05. The molecule has 20 heavy (non-hydrogen) atoms. The van der Waals surface area contributed by atoms with Gasteiger partial charge in [0.1, 0.15) is 0 Å². The molecule has 1 N–H and O–H groups in total. The third-order valence-electron chi connectivity index (χ3n) is 4.70. The molecular formula is C16H23NO2S. The van der Waals surface area contributed by atoms with Gasteiger partial charge < -0.3 is 10.0 Å². The van der Waals surface area contributed by atoms with Crippen molar-refractivity contribution < 1.29 is 9.90 Å². The number of nitrogens with zero attached hydrogens (tertiary/aromatic N) is 1. The zero-order valence-electron chi connectivity index (χ0n) is 12.3. The van der Waals surface area contributed by atoms with E-state index in [2.05, 4.69) is 11.4 Å². The molecule has 1 fully saturated rings. The summed E-state index contributed by atoms with van der Waals surface area (Å²) in [6.45, 7) is 4.43. The van der Waals surface area contributed by atoms with Gasteiger partial charge in [0.05, 0.1) is 17.6 Å². The molecule has 1 amide bonds. The molecule has 0 radical (unpaired) electrons. The molecule has 0 saturated carbocycles. The van der Waals surface area contributed by atoms with Crippen LogP contribution in [0.3, 0.4) is 0 Å². The predicted molar refractivity (Wildman–Crippen MR) is 81.0 cm³/mol. The maximum Gasteiger partial charge on any atom is 0.230 e. The van der Waals surface area contributed by atoms with E-state index in [0.29, 0.717) is 0 Å². The van der Waals surface area contributed by atoms with E-state index in [4.69, 9.17) is 0 Å². The Morgan fingerprint density at radius 2 is 2.20 bits per heavy atom. The van der Waals surface area contributed by atoms with Crippen LogP contribution < -0.4 is 0 Å². The monoisotopic (exact) mass is 293 g/mol. The predicted octanol–water partition coefficient (Wildman–Crippen LogP) is 2.93. The summed E-state index contributed by atoms with van der Waals surface area (Å²) in [5.74, 6) is 0.252. The summed E-state index contributed by atoms with van der Waals surface area (Å²) >= 11 is 1.78. The van der Waals surface area contributed by atoms with E-state index >= 15 is 0 Å². The first kappa shape index (κ1) is 14.1. The molecule has 0 spiro atoms. The Morgan fingerprint density at radius 3 is 2.95 bits per heavy atom. The molecule has 1 aromatic heterocycles. The highest BCUT2D eigenvalue weighted by atomic mass is 32.1. The van der Waals surface area contributed by atoms with Gasteiger partial charge in [0.2, 0.25) is 5.91 Å². The first-order chi connectivity index (χ1) is 9.48. The number of carbonyl (C=O) groups excluding carboxylic acids is 1. The van der Waals surface area contributed by atoms with Gasteiger partial charge in [-0.15, -0.1) is 11.3 Å². The third kappa shape index (κ3) is 2.40. The zero-order chi connectivity index (χ0) is 14.3. The minimum Gasteiger partial charge on any atom is -0.388 e. The van der Waals surface area contributed by atoms with Crippen molar-refractivity contribution in [2.45, 2.75) is 63.5 Å². The van der Waals surface area contributed by atoms with Crippen LogP contribution in [0.25, 0.3) is 0 Å². The van der Waals surface area contributed by atoms with Crippen LogP contribution in [-0.4, -0.2) is 34.1 Å². The molecule has 2 heterocycles. The van der Waals surface area contributed by atoms with Crippen molar-refractivity contribution >= 4 is 17.2 Å². The summed E-state index contributed by atoms with van der Waals surface area (Å²) in [4.78, 5) is 16.3. The Labute approximate surface area is 124 Å². The second-order valence-electron chi connectivity index (χ2n) is 6.59. The van der Waals surface area contributed by atoms with E-state index < -0.39 is 5.60 Å². The van der Waals surface area contributed by atoms with Gasteiger partial charge in [-0.25, -0.2) is 0 Å². The van der Waals surface area contributed by atoms with Crippen LogP contribution in [0.1, 0.15) is 55.9 Å². The molecule has 2 atom stereocenters. The number of thiophene rings is 1. The molecular weight excluding hydrogens is 270 g/mol. The van der Waals surface area contributed by atoms with E-state index in [1.165, 1.54) is 10.4 Å². The number of carbonyl (C=O) groups is 1. The summed E-state index contributed by atoms with van der Waals surface area (Å²) in [6.07, 6.45) is 5.09. The van der Waals surface area contributed by atoms with Crippen LogP contribution in [0.2, 0.25) is 0 Å². The molecule has 1 saturated heterocycles. The fraction of sp³-hybridized carbons (Fsp3) is 0.688. The van der Waals surface area contributed by atoms with Gasteiger partial charge in [-0.3, -0.25) is 4.79 Å². The second-order valence-corrected chi connectivity index (χ2v) is 7.59. The Bertz CT molecular complexity index is 503. The first-order valence-electron chi connectivity index (χ1n) is 7.57. The minimum absolute atomic E-state index is 0.0212. The van der Waals surface area contributed by atoms with Crippen molar-refractivity contribution in [3.8, 4) is 0 Å². The molecule has 1 aliphatic heterocycles. The van der Waals surface area contributed by atoms with E-state index in [0.717, 1.165) is 38.6 Å². The molecule has 2 aliphatic rings. The number of aryl methyl sites for hydroxylation is 1. The van der Waals surface area contributed by atoms with Crippen LogP contribution in [0.15, 0.2) is 11.4 Å². The van der Waals surface area contributed by atoms with Crippen LogP contribution in [-0.2, 0) is 11.2 Å². The number of amides is 1. The van der Waals surface area contributed by atoms with Crippen molar-refractivity contribution in [1.29, 1.82) is 0 Å². The van der Waals surface area contributed by atoms with E-state index in [-0.39, 0.29) is 17.9 Å². The molecule has 1 aromatic rings. The summed E-state index contributed by atoms with van der Waals surface area (Å²) in [7, 11) is 0. The van der Waals surface area contributed by atoms with E-state index in [9.17, 15) is 9.90 Å². The first-order valence-corrected chi connectivity index (χ1v) is 8.45. The van der Waals surface area contributed by atoms with Gasteiger partial charge >= 0.3 is 0 Å². The smallest absolute Gasteiger partial charge is 0.230 e. The number of fused-ring (bicyclic) bond motifs is 1. The van der Waals surface area contributed by atoms with E-state index in [1.54, 1.807) is 11.3 Å². The zero-order valence-corrected chi connectivity index (χ0v) is 13.1. The van der Waals surface area contributed by atoms with E-state index in [1.807, 2.05) is 18.7 Å². The topological polar surface area (TPSA) is 40.5 Å². The van der Waals surface area contributed by atoms with Crippen molar-refractivity contribution in [1.82, 2.24) is 4.90 Å². The number of aliphatic hydroxyl groups is 1. The van der Waals surface area contributed by atoms with Gasteiger partial charge in [-0.2, -0.15) is 0 Å². The molecule has 2 unspecified atom stereocenters. The Kier molecular flexibility index (Phi) is 3.63. The average molecular weight is 293 g/mol. The fourth-order valence-electron chi connectivity index (χ4n) is 3.71. The molecule has 110 valence electrons. The standard InChI is InChI=1S/C16H23NO2S/c1-16(2,19)14-7-4-9-17(14)15(18)12-5-3-6-13-11(12)8-10-20-13/h8,10,12,14,19H,3-7,9H2,1-2H3. The van der Waals surface area contributed by atoms with Crippen molar-refractivity contribution in [2.24, 2.45) is 0 Å². The Balaban J connectivity index is 1.84. The summed E-state index contributed by atoms with van der Waals surface area (Å²) in [6, 6.07) is 2.09. The van der Waals surface area contributed by atoms with Crippen LogP contribution >= 0.6 is 11.3 Å². The maximum atomic E-state index is 12.9. The normalized spacial score (nSPS) is 26.6. The fourth-order valence-corrected chi connectivity index (χ4v) is 4.70. The highest BCUT2D eigenvalue weighted by molar-refractivity contribution is 7.10. The molecule has 4 heteroatoms. The SMILES string of the molecule is CC(C)(O)C1CCCN1C(=O)C1CCCc2sccc21. The maximum absolute atomic E-state index is 12.9. The van der Waals surface area contributed by atoms with Crippen LogP contribution in [0.5, 0.6) is 0 Å². The molecule has 3 nitrogen and oxygen atoms in total. The van der Waals surface area contributed by atoms with Gasteiger partial charge in [-0.05, 0) is 63.0 Å². The molecule has 0 bridgehead atoms. The molecule has 3 rings (SSSR count). The highest BCUT2D eigenvalue weighted by Crippen LogP contribution is 2.38. The lowest BCUT2D eigenvalue weighted by Gasteiger charge is -2.36. The lowest BCUT2D eigenvalue weighted by Crippen LogP contribution is -2.49. The quantitative estimate of drug-likeness (QED) is 0.911. The van der Waals surface area contributed by atoms with Crippen LogP contribution in [0, 0.1) is 0 Å². The highest BCUT2D eigenvalue weighted by Gasteiger charge is 2.41. The number of hydrogen-bond acceptors (Lipinski definition) is 3. The van der Waals surface area contributed by atoms with Crippen LogP contribution in [0.4, 0.5) is 0 Å². The number of likely N-dealkylation sites (tertiary alicyclic amines) is 1. The minimum atomic E-state index is -0.807. The lowest BCUT2D eigenvalue weighted by atomic mass is 9.86. The van der Waals surface area contributed by atoms with Crippen molar-refractivity contribution in [3.05, 3.63) is 21.9 Å². The largest absolute Gasteiger partial charge is 0.388 e. The second kappa shape index (κ2) is 5.15. The summed E-state index contributed by atoms with van der Waals surface area (Å²) in [5.41, 5.74) is 0.436. The Morgan fingerprint density at radius 1 is 1.40 bits per heavy atom. The van der Waals surface area contributed by atoms with Gasteiger partial charge in [-0.1, -0.05) is 0 Å². The lowest BCUT2D eigenvalue weighted by molar-refractivity contribution is -0.138. The van der Waals surface area contributed by atoms with Crippen molar-refractivity contribution in [2.75, 3.05) is 6.54 Å². The number of rotatable bonds is 2. The summed E-state index contributed by atoms with van der Waals surface area (Å²) < 4.78 is 0. The van der Waals surface area contributed by atoms with Gasteiger partial charge in [0.15, 0.2) is 0 Å². The van der Waals surface area contributed by atoms with Gasteiger partial charge in [0, 0.05) is 11.4 Å². The summed E-state index contributed by atoms with van der Waals surface area (Å²) in [5, 5.41) is 12.4. The van der Waals surface area contributed by atoms with Gasteiger partial charge in [0.25, 0.3) is 0 Å². The van der Waals surface area contributed by atoms with Crippen molar-refractivity contribution in [3.63, 3.8) is 0 Å².